The Hall–Kier alpha value is -1.82. The first-order valence-corrected chi connectivity index (χ1v) is 11.6. The van der Waals surface area contributed by atoms with E-state index >= 15 is 0 Å². The number of benzene rings is 2. The average Bonchev–Trinajstić information content (AvgIpc) is 3.34. The van der Waals surface area contributed by atoms with Crippen molar-refractivity contribution in [1.29, 1.82) is 0 Å². The number of urea groups is 1. The Morgan fingerprint density at radius 2 is 1.97 bits per heavy atom. The van der Waals surface area contributed by atoms with Gasteiger partial charge in [0.1, 0.15) is 5.82 Å². The van der Waals surface area contributed by atoms with Gasteiger partial charge in [0.2, 0.25) is 0 Å². The van der Waals surface area contributed by atoms with Crippen molar-refractivity contribution in [3.05, 3.63) is 71.6 Å². The maximum absolute atomic E-state index is 13.7. The summed E-state index contributed by atoms with van der Waals surface area (Å²) in [5.41, 5.74) is 0.858. The van der Waals surface area contributed by atoms with Gasteiger partial charge in [0, 0.05) is 55.9 Å². The van der Waals surface area contributed by atoms with Crippen LogP contribution in [0.4, 0.5) is 28.0 Å². The molecule has 4 nitrogen and oxygen atoms in total. The molecule has 0 radical (unpaired) electrons. The van der Waals surface area contributed by atoms with E-state index in [0.717, 1.165) is 56.5 Å². The summed E-state index contributed by atoms with van der Waals surface area (Å²) in [6.07, 6.45) is 1.77. The van der Waals surface area contributed by atoms with Crippen LogP contribution in [0.25, 0.3) is 5.57 Å². The molecule has 1 heterocycles. The van der Waals surface area contributed by atoms with Crippen molar-refractivity contribution in [2.24, 2.45) is 0 Å². The van der Waals surface area contributed by atoms with Crippen LogP contribution in [0.1, 0.15) is 43.2 Å². The average molecular weight is 713 g/mol. The van der Waals surface area contributed by atoms with Crippen molar-refractivity contribution in [2.45, 2.75) is 44.3 Å². The van der Waals surface area contributed by atoms with Gasteiger partial charge in [0.15, 0.2) is 0 Å². The summed E-state index contributed by atoms with van der Waals surface area (Å²) in [6, 6.07) is 12.9. The zero-order valence-corrected chi connectivity index (χ0v) is 23.5. The van der Waals surface area contributed by atoms with Crippen molar-refractivity contribution >= 4 is 17.3 Å². The van der Waals surface area contributed by atoms with E-state index in [4.69, 9.17) is 0 Å². The van der Waals surface area contributed by atoms with Crippen LogP contribution in [-0.2, 0) is 6.18 Å². The van der Waals surface area contributed by atoms with Crippen molar-refractivity contribution in [3.8, 4) is 0 Å². The van der Waals surface area contributed by atoms with Gasteiger partial charge in [-0.1, -0.05) is 6.08 Å². The van der Waals surface area contributed by atoms with E-state index in [-0.39, 0.29) is 42.8 Å². The Morgan fingerprint density at radius 1 is 1.20 bits per heavy atom. The summed E-state index contributed by atoms with van der Waals surface area (Å²) in [5.74, 6) is -1.36. The van der Waals surface area contributed by atoms with Crippen LogP contribution in [0.5, 0.6) is 0 Å². The van der Waals surface area contributed by atoms with Gasteiger partial charge in [-0.2, -0.15) is 43.5 Å². The molecule has 0 spiro atoms. The van der Waals surface area contributed by atoms with E-state index in [0.29, 0.717) is 25.6 Å². The molecule has 1 fully saturated rings. The molecule has 4 rings (SSSR count). The van der Waals surface area contributed by atoms with Gasteiger partial charge in [-0.3, -0.25) is 0 Å². The third kappa shape index (κ3) is 7.34. The second-order valence-corrected chi connectivity index (χ2v) is 8.81. The maximum Gasteiger partial charge on any atom is 0.419 e. The van der Waals surface area contributed by atoms with Crippen LogP contribution in [0.2, 0.25) is 0 Å². The summed E-state index contributed by atoms with van der Waals surface area (Å²) >= 11 is 0. The summed E-state index contributed by atoms with van der Waals surface area (Å²) < 4.78 is 53.0. The smallest absolute Gasteiger partial charge is 0.320 e. The molecule has 2 aromatic carbocycles. The number of nitrogens with one attached hydrogen (secondary N) is 1. The topological polar surface area (TPSA) is 35.6 Å². The molecule has 186 valence electrons. The first kappa shape index (κ1) is 27.8. The van der Waals surface area contributed by atoms with Crippen molar-refractivity contribution in [2.75, 3.05) is 31.5 Å². The molecule has 1 unspecified atom stereocenters. The van der Waals surface area contributed by atoms with Gasteiger partial charge >= 0.3 is 12.2 Å². The Bertz CT molecular complexity index is 1020. The molecule has 1 aliphatic heterocycles. The number of allylic oxidation sites excluding steroid dienone is 1. The summed E-state index contributed by atoms with van der Waals surface area (Å²) in [4.78, 5) is 17.2. The van der Waals surface area contributed by atoms with Crippen LogP contribution in [0.3, 0.4) is 0 Å². The molecule has 2 aromatic rings. The number of rotatable bonds is 6. The molecule has 35 heavy (non-hydrogen) atoms. The molecule has 1 atom stereocenters. The van der Waals surface area contributed by atoms with Crippen LogP contribution < -0.4 is 5.32 Å². The van der Waals surface area contributed by atoms with Crippen LogP contribution in [-0.4, -0.2) is 48.1 Å². The number of carbonyl (C=O) groups is 1. The minimum atomic E-state index is -4.83. The number of anilines is 1. The zero-order valence-electron chi connectivity index (χ0n) is 19.4. The second kappa shape index (κ2) is 12.4. The van der Waals surface area contributed by atoms with Gasteiger partial charge in [-0.05, 0) is 63.4 Å². The van der Waals surface area contributed by atoms with Crippen LogP contribution >= 0.6 is 0 Å². The molecule has 1 aliphatic carbocycles. The largest absolute Gasteiger partial charge is 0.419 e. The maximum atomic E-state index is 13.7. The first-order chi connectivity index (χ1) is 16.3. The van der Waals surface area contributed by atoms with Crippen LogP contribution in [0.15, 0.2) is 48.5 Å². The van der Waals surface area contributed by atoms with Gasteiger partial charge in [0.05, 0.1) is 5.56 Å². The first-order valence-electron chi connectivity index (χ1n) is 11.6. The quantitative estimate of drug-likeness (QED) is 0.286. The Balaban J connectivity index is 0.00000342. The Morgan fingerprint density at radius 3 is 2.60 bits per heavy atom. The molecule has 1 N–H and O–H groups in total. The van der Waals surface area contributed by atoms with E-state index in [1.165, 1.54) is 5.57 Å². The summed E-state index contributed by atoms with van der Waals surface area (Å²) in [6.45, 7) is 3.17. The molecule has 0 bridgehead atoms. The Kier molecular flexibility index (Phi) is 9.86. The standard InChI is InChI=1S/C26H28F4N3O.U/c27-24-13-10-21(18-23(24)26(28,29)30)31-25(34)33(17-16-32-14-4-5-15-32)22-11-8-20(9-12-22)19-6-2-1-3-7-19;/h1-2,6-8,10,13,18,22H,4-5,9,11-12,14-17H2,(H,31,34);/q-1;. The van der Waals surface area contributed by atoms with E-state index in [1.807, 2.05) is 24.3 Å². The number of nitrogens with zero attached hydrogens (tertiary/aromatic N) is 2. The molecule has 9 heteroatoms. The number of hydrogen-bond acceptors (Lipinski definition) is 2. The predicted octanol–water partition coefficient (Wildman–Crippen LogP) is 6.21. The predicted molar refractivity (Wildman–Crippen MR) is 124 cm³/mol. The molecule has 2 aliphatic rings. The minimum absolute atomic E-state index is 0. The fourth-order valence-electron chi connectivity index (χ4n) is 4.68. The molecule has 0 saturated carbocycles. The Labute approximate surface area is 227 Å². The third-order valence-corrected chi connectivity index (χ3v) is 6.54. The zero-order chi connectivity index (χ0) is 24.1. The SMILES string of the molecule is O=C(Nc1ccc(F)c(C(F)(F)F)c1)N(CCN1CCCC1)C1CC=C(c2c[c-]ccc2)CC1.[U]. The normalized spacial score (nSPS) is 18.5. The molecular formula is C26H28F4N3OU-. The van der Waals surface area contributed by atoms with Crippen molar-refractivity contribution < 1.29 is 53.5 Å². The van der Waals surface area contributed by atoms with E-state index in [1.54, 1.807) is 4.90 Å². The van der Waals surface area contributed by atoms with Crippen molar-refractivity contribution in [3.63, 3.8) is 0 Å². The molecule has 1 saturated heterocycles. The summed E-state index contributed by atoms with van der Waals surface area (Å²) in [7, 11) is 0. The number of carbonyl (C=O) groups excluding carboxylic acids is 1. The van der Waals surface area contributed by atoms with E-state index in [2.05, 4.69) is 22.4 Å². The van der Waals surface area contributed by atoms with Gasteiger partial charge in [-0.15, -0.1) is 11.1 Å². The molecule has 0 aromatic heterocycles. The number of alkyl halides is 3. The monoisotopic (exact) mass is 712 g/mol. The number of amides is 2. The van der Waals surface area contributed by atoms with Crippen LogP contribution in [0, 0.1) is 43.0 Å². The number of hydrogen-bond donors (Lipinski definition) is 1. The summed E-state index contributed by atoms with van der Waals surface area (Å²) in [5, 5.41) is 2.57. The second-order valence-electron chi connectivity index (χ2n) is 8.81. The minimum Gasteiger partial charge on any atom is -0.320 e. The van der Waals surface area contributed by atoms with E-state index < -0.39 is 23.6 Å². The fraction of sp³-hybridized carbons (Fsp3) is 0.423. The van der Waals surface area contributed by atoms with Gasteiger partial charge in [0.25, 0.3) is 0 Å². The molecular weight excluding hydrogens is 684 g/mol. The molecule has 2 amide bonds. The fourth-order valence-corrected chi connectivity index (χ4v) is 4.68. The van der Waals surface area contributed by atoms with Gasteiger partial charge < -0.3 is 15.1 Å². The number of likely N-dealkylation sites (tertiary alicyclic amines) is 1. The van der Waals surface area contributed by atoms with Gasteiger partial charge in [-0.25, -0.2) is 9.18 Å². The third-order valence-electron chi connectivity index (χ3n) is 6.54. The number of halogens is 4. The van der Waals surface area contributed by atoms with Crippen molar-refractivity contribution in [1.82, 2.24) is 9.80 Å². The van der Waals surface area contributed by atoms with E-state index in [9.17, 15) is 22.4 Å².